The molecule has 3 N–H and O–H groups in total. The predicted molar refractivity (Wildman–Crippen MR) is 98.8 cm³/mol. The fourth-order valence-corrected chi connectivity index (χ4v) is 2.49. The van der Waals surface area contributed by atoms with E-state index in [1.54, 1.807) is 0 Å². The van der Waals surface area contributed by atoms with Gasteiger partial charge >= 0.3 is 0 Å². The third-order valence-electron chi connectivity index (χ3n) is 4.08. The first-order valence-corrected chi connectivity index (χ1v) is 9.81. The Kier molecular flexibility index (Phi) is 16.0. The first kappa shape index (κ1) is 22.9. The molecule has 0 saturated heterocycles. The number of aliphatic hydroxyl groups excluding tert-OH is 1. The summed E-state index contributed by atoms with van der Waals surface area (Å²) in [6, 6.07) is 0. The molecule has 0 aliphatic heterocycles. The van der Waals surface area contributed by atoms with E-state index in [2.05, 4.69) is 24.5 Å². The minimum Gasteiger partial charge on any atom is -0.389 e. The molecule has 0 radical (unpaired) electrons. The van der Waals surface area contributed by atoms with E-state index in [-0.39, 0.29) is 24.9 Å². The first-order chi connectivity index (χ1) is 11.6. The summed E-state index contributed by atoms with van der Waals surface area (Å²) in [6.45, 7) is 4.73. The van der Waals surface area contributed by atoms with E-state index < -0.39 is 6.10 Å². The molecule has 2 amide bonds. The normalized spacial score (nSPS) is 10.8. The van der Waals surface area contributed by atoms with Gasteiger partial charge in [0.05, 0.1) is 6.10 Å². The molecule has 0 aromatic rings. The highest BCUT2D eigenvalue weighted by atomic mass is 16.3. The van der Waals surface area contributed by atoms with Crippen molar-refractivity contribution in [2.45, 2.75) is 97.0 Å². The smallest absolute Gasteiger partial charge is 0.220 e. The zero-order valence-electron chi connectivity index (χ0n) is 15.7. The van der Waals surface area contributed by atoms with Crippen molar-refractivity contribution in [1.82, 2.24) is 10.6 Å². The van der Waals surface area contributed by atoms with E-state index in [0.717, 1.165) is 25.7 Å². The van der Waals surface area contributed by atoms with Crippen LogP contribution in [0.25, 0.3) is 0 Å². The molecule has 142 valence electrons. The van der Waals surface area contributed by atoms with E-state index in [9.17, 15) is 14.7 Å². The highest BCUT2D eigenvalue weighted by molar-refractivity contribution is 5.76. The number of hydrogen-bond donors (Lipinski definition) is 3. The summed E-state index contributed by atoms with van der Waals surface area (Å²) in [5, 5.41) is 15.2. The van der Waals surface area contributed by atoms with Crippen LogP contribution in [0, 0.1) is 0 Å². The van der Waals surface area contributed by atoms with Crippen LogP contribution >= 0.6 is 0 Å². The lowest BCUT2D eigenvalue weighted by Gasteiger charge is -2.13. The molecule has 0 spiro atoms. The maximum atomic E-state index is 11.6. The lowest BCUT2D eigenvalue weighted by atomic mass is 10.1. The van der Waals surface area contributed by atoms with Crippen LogP contribution in [0.5, 0.6) is 0 Å². The van der Waals surface area contributed by atoms with Gasteiger partial charge in [0, 0.05) is 25.9 Å². The minimum absolute atomic E-state index is 0.0206. The van der Waals surface area contributed by atoms with Crippen LogP contribution in [-0.4, -0.2) is 36.1 Å². The van der Waals surface area contributed by atoms with Crippen molar-refractivity contribution in [2.24, 2.45) is 0 Å². The molecule has 0 atom stereocenters. The minimum atomic E-state index is -0.724. The molecule has 0 saturated carbocycles. The lowest BCUT2D eigenvalue weighted by Crippen LogP contribution is -2.39. The zero-order valence-corrected chi connectivity index (χ0v) is 15.7. The maximum Gasteiger partial charge on any atom is 0.220 e. The monoisotopic (exact) mass is 342 g/mol. The van der Waals surface area contributed by atoms with E-state index in [1.165, 1.54) is 38.5 Å². The van der Waals surface area contributed by atoms with Crippen LogP contribution in [0.15, 0.2) is 0 Å². The Morgan fingerprint density at radius 1 is 0.708 bits per heavy atom. The molecule has 5 nitrogen and oxygen atoms in total. The Morgan fingerprint density at radius 3 is 1.46 bits per heavy atom. The molecule has 24 heavy (non-hydrogen) atoms. The van der Waals surface area contributed by atoms with Gasteiger partial charge in [-0.05, 0) is 12.8 Å². The second-order valence-electron chi connectivity index (χ2n) is 6.59. The third-order valence-corrected chi connectivity index (χ3v) is 4.08. The third kappa shape index (κ3) is 15.8. The van der Waals surface area contributed by atoms with E-state index in [0.29, 0.717) is 12.8 Å². The number of rotatable bonds is 16. The Hall–Kier alpha value is -1.10. The number of carbonyl (C=O) groups is 2. The van der Waals surface area contributed by atoms with Crippen LogP contribution < -0.4 is 10.6 Å². The molecule has 0 bridgehead atoms. The summed E-state index contributed by atoms with van der Waals surface area (Å²) in [6.07, 6.45) is 11.5. The molecule has 0 rings (SSSR count). The fourth-order valence-electron chi connectivity index (χ4n) is 2.49. The van der Waals surface area contributed by atoms with Gasteiger partial charge in [0.15, 0.2) is 0 Å². The molecule has 0 aliphatic carbocycles. The average Bonchev–Trinajstić information content (AvgIpc) is 2.57. The Labute approximate surface area is 148 Å². The van der Waals surface area contributed by atoms with Crippen LogP contribution in [0.4, 0.5) is 0 Å². The lowest BCUT2D eigenvalue weighted by molar-refractivity contribution is -0.121. The zero-order chi connectivity index (χ0) is 18.0. The molecule has 0 unspecified atom stereocenters. The van der Waals surface area contributed by atoms with Crippen molar-refractivity contribution in [3.63, 3.8) is 0 Å². The van der Waals surface area contributed by atoms with E-state index in [1.807, 2.05) is 0 Å². The van der Waals surface area contributed by atoms with Crippen molar-refractivity contribution in [1.29, 1.82) is 0 Å². The number of amides is 2. The number of unbranched alkanes of at least 4 members (excludes halogenated alkanes) is 8. The second kappa shape index (κ2) is 16.7. The molecule has 0 fully saturated rings. The van der Waals surface area contributed by atoms with Gasteiger partial charge in [0.1, 0.15) is 0 Å². The summed E-state index contributed by atoms with van der Waals surface area (Å²) in [7, 11) is 0. The fraction of sp³-hybridized carbons (Fsp3) is 0.895. The maximum absolute atomic E-state index is 11.6. The number of aliphatic hydroxyl groups is 1. The molecule has 0 aromatic carbocycles. The van der Waals surface area contributed by atoms with Crippen molar-refractivity contribution >= 4 is 11.8 Å². The highest BCUT2D eigenvalue weighted by Gasteiger charge is 2.09. The van der Waals surface area contributed by atoms with Crippen LogP contribution in [0.3, 0.4) is 0 Å². The van der Waals surface area contributed by atoms with Crippen LogP contribution in [-0.2, 0) is 9.59 Å². The Bertz CT molecular complexity index is 292. The van der Waals surface area contributed by atoms with Gasteiger partial charge in [-0.25, -0.2) is 0 Å². The van der Waals surface area contributed by atoms with Crippen molar-refractivity contribution in [3.05, 3.63) is 0 Å². The van der Waals surface area contributed by atoms with Crippen LogP contribution in [0.2, 0.25) is 0 Å². The molecular formula is C19H38N2O3. The largest absolute Gasteiger partial charge is 0.389 e. The standard InChI is InChI=1S/C19H38N2O3/c1-3-5-7-9-11-13-18(23)20-15-17(22)16-21-19(24)14-12-10-8-6-4-2/h17,22H,3-16H2,1-2H3,(H,20,23)(H,21,24). The van der Waals surface area contributed by atoms with Gasteiger partial charge in [-0.1, -0.05) is 65.2 Å². The van der Waals surface area contributed by atoms with Gasteiger partial charge in [0.2, 0.25) is 11.8 Å². The number of nitrogens with one attached hydrogen (secondary N) is 2. The Morgan fingerprint density at radius 2 is 1.08 bits per heavy atom. The van der Waals surface area contributed by atoms with Crippen LogP contribution in [0.1, 0.15) is 90.9 Å². The van der Waals surface area contributed by atoms with Crippen molar-refractivity contribution in [2.75, 3.05) is 13.1 Å². The van der Waals surface area contributed by atoms with Gasteiger partial charge < -0.3 is 15.7 Å². The molecule has 0 aromatic heterocycles. The Balaban J connectivity index is 3.51. The predicted octanol–water partition coefficient (Wildman–Crippen LogP) is 3.30. The van der Waals surface area contributed by atoms with Gasteiger partial charge in [-0.15, -0.1) is 0 Å². The quantitative estimate of drug-likeness (QED) is 0.377. The van der Waals surface area contributed by atoms with Gasteiger partial charge in [-0.3, -0.25) is 9.59 Å². The summed E-state index contributed by atoms with van der Waals surface area (Å²) in [5.74, 6) is -0.0411. The molecule has 0 aliphatic rings. The average molecular weight is 343 g/mol. The molecular weight excluding hydrogens is 304 g/mol. The number of hydrogen-bond acceptors (Lipinski definition) is 3. The van der Waals surface area contributed by atoms with Crippen molar-refractivity contribution < 1.29 is 14.7 Å². The van der Waals surface area contributed by atoms with E-state index >= 15 is 0 Å². The molecule has 0 heterocycles. The van der Waals surface area contributed by atoms with E-state index in [4.69, 9.17) is 0 Å². The summed E-state index contributed by atoms with van der Waals surface area (Å²) >= 11 is 0. The summed E-state index contributed by atoms with van der Waals surface area (Å²) in [5.41, 5.74) is 0. The summed E-state index contributed by atoms with van der Waals surface area (Å²) in [4.78, 5) is 23.3. The topological polar surface area (TPSA) is 78.4 Å². The van der Waals surface area contributed by atoms with Gasteiger partial charge in [-0.2, -0.15) is 0 Å². The second-order valence-corrected chi connectivity index (χ2v) is 6.59. The van der Waals surface area contributed by atoms with Crippen molar-refractivity contribution in [3.8, 4) is 0 Å². The van der Waals surface area contributed by atoms with Gasteiger partial charge in [0.25, 0.3) is 0 Å². The number of carbonyl (C=O) groups excluding carboxylic acids is 2. The highest BCUT2D eigenvalue weighted by Crippen LogP contribution is 2.05. The summed E-state index contributed by atoms with van der Waals surface area (Å²) < 4.78 is 0. The first-order valence-electron chi connectivity index (χ1n) is 9.81. The SMILES string of the molecule is CCCCCCCC(=O)NCC(O)CNC(=O)CCCCCCC. The molecule has 5 heteroatoms.